The molecule has 2 unspecified atom stereocenters. The van der Waals surface area contributed by atoms with Gasteiger partial charge in [0.05, 0.1) is 25.0 Å². The van der Waals surface area contributed by atoms with Crippen molar-refractivity contribution >= 4 is 27.7 Å². The summed E-state index contributed by atoms with van der Waals surface area (Å²) in [6.45, 7) is 8.30. The molecule has 2 fully saturated rings. The third-order valence-electron chi connectivity index (χ3n) is 5.32. The lowest BCUT2D eigenvalue weighted by Gasteiger charge is -2.45. The second kappa shape index (κ2) is 6.34. The third kappa shape index (κ3) is 2.90. The van der Waals surface area contributed by atoms with E-state index in [2.05, 4.69) is 27.9 Å². The van der Waals surface area contributed by atoms with Crippen molar-refractivity contribution in [3.63, 3.8) is 0 Å². The number of nitrogens with zero attached hydrogens (tertiary/aromatic N) is 2. The maximum absolute atomic E-state index is 12.5. The number of Topliss-reactive ketones (excluding diaryl/α,β-unsaturated/α-hetero) is 1. The van der Waals surface area contributed by atoms with Gasteiger partial charge in [-0.1, -0.05) is 15.9 Å². The number of carbonyl (C=O) groups excluding carboxylic acids is 2. The van der Waals surface area contributed by atoms with E-state index in [1.54, 1.807) is 13.8 Å². The van der Waals surface area contributed by atoms with Crippen LogP contribution in [0.1, 0.15) is 20.3 Å². The molecule has 2 saturated heterocycles. The summed E-state index contributed by atoms with van der Waals surface area (Å²) in [5, 5.41) is 0.825. The van der Waals surface area contributed by atoms with Gasteiger partial charge in [-0.3, -0.25) is 14.5 Å². The molecule has 6 heteroatoms. The van der Waals surface area contributed by atoms with Crippen molar-refractivity contribution < 1.29 is 18.8 Å². The lowest BCUT2D eigenvalue weighted by atomic mass is 9.82. The Bertz CT molecular complexity index is 421. The number of ether oxygens (including phenoxy) is 1. The minimum Gasteiger partial charge on any atom is -0.465 e. The van der Waals surface area contributed by atoms with Crippen LogP contribution in [0.3, 0.4) is 0 Å². The molecule has 0 aliphatic carbocycles. The monoisotopic (exact) mass is 361 g/mol. The van der Waals surface area contributed by atoms with Crippen molar-refractivity contribution in [2.24, 2.45) is 5.41 Å². The Balaban J connectivity index is 2.30. The largest absolute Gasteiger partial charge is 0.465 e. The van der Waals surface area contributed by atoms with Gasteiger partial charge >= 0.3 is 5.97 Å². The van der Waals surface area contributed by atoms with Gasteiger partial charge in [0.25, 0.3) is 0 Å². The lowest BCUT2D eigenvalue weighted by Crippen LogP contribution is -2.62. The number of alkyl halides is 1. The first kappa shape index (κ1) is 16.9. The van der Waals surface area contributed by atoms with Crippen LogP contribution in [0.25, 0.3) is 0 Å². The highest BCUT2D eigenvalue weighted by Gasteiger charge is 2.62. The quantitative estimate of drug-likeness (QED) is 0.325. The van der Waals surface area contributed by atoms with Gasteiger partial charge < -0.3 is 9.22 Å². The van der Waals surface area contributed by atoms with Crippen molar-refractivity contribution in [2.45, 2.75) is 26.3 Å². The van der Waals surface area contributed by atoms with Gasteiger partial charge in [0.2, 0.25) is 0 Å². The molecular weight excluding hydrogens is 336 g/mol. The average Bonchev–Trinajstić information content (AvgIpc) is 2.79. The van der Waals surface area contributed by atoms with Crippen molar-refractivity contribution in [2.75, 3.05) is 51.7 Å². The molecule has 0 saturated carbocycles. The summed E-state index contributed by atoms with van der Waals surface area (Å²) in [4.78, 5) is 27.1. The normalized spacial score (nSPS) is 32.3. The van der Waals surface area contributed by atoms with E-state index in [0.717, 1.165) is 36.0 Å². The van der Waals surface area contributed by atoms with E-state index >= 15 is 0 Å². The molecule has 0 aromatic carbocycles. The van der Waals surface area contributed by atoms with E-state index < -0.39 is 5.41 Å². The van der Waals surface area contributed by atoms with Crippen LogP contribution >= 0.6 is 15.9 Å². The molecule has 0 aromatic rings. The molecular formula is C15H26BrN2O3+. The zero-order chi connectivity index (χ0) is 15.7. The first-order valence-corrected chi connectivity index (χ1v) is 8.81. The predicted molar refractivity (Wildman–Crippen MR) is 84.3 cm³/mol. The number of quaternary nitrogens is 1. The van der Waals surface area contributed by atoms with E-state index in [9.17, 15) is 9.59 Å². The first-order chi connectivity index (χ1) is 9.90. The SMILES string of the molecule is CCOC(=O)C1(C(C)=O)CC(CBr)[N+]2(CCN(C)CC2)C1. The first-order valence-electron chi connectivity index (χ1n) is 7.69. The van der Waals surface area contributed by atoms with E-state index in [0.29, 0.717) is 25.6 Å². The number of carbonyl (C=O) groups is 2. The van der Waals surface area contributed by atoms with Crippen LogP contribution < -0.4 is 0 Å². The smallest absolute Gasteiger partial charge is 0.325 e. The topological polar surface area (TPSA) is 46.6 Å². The van der Waals surface area contributed by atoms with Crippen LogP contribution in [0.4, 0.5) is 0 Å². The fraction of sp³-hybridized carbons (Fsp3) is 0.867. The molecule has 2 aliphatic heterocycles. The lowest BCUT2D eigenvalue weighted by molar-refractivity contribution is -0.941. The molecule has 120 valence electrons. The molecule has 2 heterocycles. The van der Waals surface area contributed by atoms with Gasteiger partial charge in [0.1, 0.15) is 12.6 Å². The third-order valence-corrected chi connectivity index (χ3v) is 6.06. The Morgan fingerprint density at radius 1 is 1.38 bits per heavy atom. The number of ketones is 1. The van der Waals surface area contributed by atoms with Crippen LogP contribution in [0, 0.1) is 5.41 Å². The van der Waals surface area contributed by atoms with Gasteiger partial charge in [-0.25, -0.2) is 0 Å². The van der Waals surface area contributed by atoms with Crippen LogP contribution in [-0.2, 0) is 14.3 Å². The number of hydrogen-bond acceptors (Lipinski definition) is 4. The Hall–Kier alpha value is -0.460. The van der Waals surface area contributed by atoms with E-state index in [-0.39, 0.29) is 11.8 Å². The second-order valence-electron chi connectivity index (χ2n) is 6.50. The molecule has 2 aliphatic rings. The van der Waals surface area contributed by atoms with Gasteiger partial charge in [-0.05, 0) is 20.9 Å². The Morgan fingerprint density at radius 3 is 2.48 bits per heavy atom. The second-order valence-corrected chi connectivity index (χ2v) is 7.15. The Morgan fingerprint density at radius 2 is 2.00 bits per heavy atom. The van der Waals surface area contributed by atoms with Gasteiger partial charge in [0.15, 0.2) is 11.2 Å². The summed E-state index contributed by atoms with van der Waals surface area (Å²) in [5.74, 6) is -0.363. The van der Waals surface area contributed by atoms with Crippen LogP contribution in [0.2, 0.25) is 0 Å². The van der Waals surface area contributed by atoms with Crippen molar-refractivity contribution in [3.05, 3.63) is 0 Å². The van der Waals surface area contributed by atoms with Gasteiger partial charge in [-0.15, -0.1) is 0 Å². The van der Waals surface area contributed by atoms with Crippen molar-refractivity contribution in [3.8, 4) is 0 Å². The number of likely N-dealkylation sites (N-methyl/N-ethyl adjacent to an activating group) is 1. The van der Waals surface area contributed by atoms with E-state index in [4.69, 9.17) is 4.74 Å². The summed E-state index contributed by atoms with van der Waals surface area (Å²) in [5.41, 5.74) is -0.940. The van der Waals surface area contributed by atoms with E-state index in [1.165, 1.54) is 0 Å². The summed E-state index contributed by atoms with van der Waals surface area (Å²) in [6.07, 6.45) is 0.607. The molecule has 0 N–H and O–H groups in total. The molecule has 2 rings (SSSR count). The van der Waals surface area contributed by atoms with Crippen LogP contribution in [0.15, 0.2) is 0 Å². The molecule has 0 amide bonds. The molecule has 0 aromatic heterocycles. The molecule has 0 radical (unpaired) electrons. The zero-order valence-corrected chi connectivity index (χ0v) is 14.8. The van der Waals surface area contributed by atoms with Crippen molar-refractivity contribution in [1.29, 1.82) is 0 Å². The minimum atomic E-state index is -0.940. The van der Waals surface area contributed by atoms with Gasteiger partial charge in [-0.2, -0.15) is 0 Å². The number of esters is 1. The standard InChI is InChI=1S/C15H26BrN2O3/c1-4-21-14(20)15(12(2)19)9-13(10-16)18(11-15)7-5-17(3)6-8-18/h13H,4-11H2,1-3H3/q+1. The summed E-state index contributed by atoms with van der Waals surface area (Å²) >= 11 is 3.60. The highest BCUT2D eigenvalue weighted by atomic mass is 79.9. The number of halogens is 1. The maximum Gasteiger partial charge on any atom is 0.325 e. The fourth-order valence-corrected chi connectivity index (χ4v) is 4.67. The number of piperazine rings is 1. The van der Waals surface area contributed by atoms with E-state index in [1.807, 2.05) is 0 Å². The maximum atomic E-state index is 12.5. The van der Waals surface area contributed by atoms with Crippen molar-refractivity contribution in [1.82, 2.24) is 4.90 Å². The minimum absolute atomic E-state index is 0.0409. The highest BCUT2D eigenvalue weighted by Crippen LogP contribution is 2.43. The molecule has 1 spiro atoms. The summed E-state index contributed by atoms with van der Waals surface area (Å²) in [7, 11) is 2.12. The molecule has 21 heavy (non-hydrogen) atoms. The number of rotatable bonds is 4. The fourth-order valence-electron chi connectivity index (χ4n) is 3.83. The molecule has 0 bridgehead atoms. The summed E-state index contributed by atoms with van der Waals surface area (Å²) in [6, 6.07) is 0.312. The summed E-state index contributed by atoms with van der Waals surface area (Å²) < 4.78 is 6.11. The average molecular weight is 362 g/mol. The zero-order valence-electron chi connectivity index (χ0n) is 13.2. The van der Waals surface area contributed by atoms with Crippen LogP contribution in [0.5, 0.6) is 0 Å². The molecule has 2 atom stereocenters. The highest BCUT2D eigenvalue weighted by molar-refractivity contribution is 9.09. The Labute approximate surface area is 135 Å². The molecule has 5 nitrogen and oxygen atoms in total. The van der Waals surface area contributed by atoms with Gasteiger partial charge in [0, 0.05) is 19.5 Å². The Kier molecular flexibility index (Phi) is 5.11. The van der Waals surface area contributed by atoms with Crippen LogP contribution in [-0.4, -0.2) is 78.9 Å². The predicted octanol–water partition coefficient (Wildman–Crippen LogP) is 1.05. The number of hydrogen-bond donors (Lipinski definition) is 0.